The minimum absolute atomic E-state index is 0.0162. The number of benzene rings is 2. The molecule has 0 unspecified atom stereocenters. The molecule has 0 aliphatic carbocycles. The Morgan fingerprint density at radius 3 is 2.76 bits per heavy atom. The zero-order valence-corrected chi connectivity index (χ0v) is 16.2. The van der Waals surface area contributed by atoms with Crippen molar-refractivity contribution in [3.05, 3.63) is 58.2 Å². The largest absolute Gasteiger partial charge is 0.493 e. The van der Waals surface area contributed by atoms with E-state index in [1.54, 1.807) is 18.2 Å². The van der Waals surface area contributed by atoms with Gasteiger partial charge in [-0.15, -0.1) is 0 Å². The molecular formula is C20H16ClF2NO5. The third-order valence-corrected chi connectivity index (χ3v) is 4.05. The maximum atomic E-state index is 12.4. The van der Waals surface area contributed by atoms with E-state index in [0.29, 0.717) is 34.3 Å². The van der Waals surface area contributed by atoms with Gasteiger partial charge in [0.15, 0.2) is 17.2 Å². The molecule has 0 saturated heterocycles. The molecule has 0 bridgehead atoms. The molecule has 6 nitrogen and oxygen atoms in total. The van der Waals surface area contributed by atoms with Crippen LogP contribution in [0.3, 0.4) is 0 Å². The fourth-order valence-corrected chi connectivity index (χ4v) is 2.88. The number of carbonyl (C=O) groups excluding carboxylic acids is 1. The molecule has 0 radical (unpaired) electrons. The van der Waals surface area contributed by atoms with Crippen LogP contribution >= 0.6 is 11.6 Å². The Balaban J connectivity index is 1.92. The van der Waals surface area contributed by atoms with Crippen LogP contribution in [-0.2, 0) is 9.53 Å². The SMILES string of the molecule is CCOc1c(Cl)cc(/C=C2/N=C(c3cccc(OC(F)F)c3)OC2=O)cc1OC. The van der Waals surface area contributed by atoms with E-state index in [4.69, 9.17) is 25.8 Å². The summed E-state index contributed by atoms with van der Waals surface area (Å²) in [5, 5.41) is 0.311. The van der Waals surface area contributed by atoms with Gasteiger partial charge in [0.25, 0.3) is 0 Å². The molecule has 3 rings (SSSR count). The molecule has 152 valence electrons. The van der Waals surface area contributed by atoms with Crippen molar-refractivity contribution in [1.82, 2.24) is 0 Å². The quantitative estimate of drug-likeness (QED) is 0.477. The van der Waals surface area contributed by atoms with Crippen molar-refractivity contribution < 1.29 is 32.5 Å². The molecule has 2 aromatic carbocycles. The number of esters is 1. The van der Waals surface area contributed by atoms with E-state index in [1.807, 2.05) is 6.92 Å². The molecule has 1 heterocycles. The summed E-state index contributed by atoms with van der Waals surface area (Å²) in [5.74, 6) is 0.0114. The summed E-state index contributed by atoms with van der Waals surface area (Å²) in [6, 6.07) is 8.95. The summed E-state index contributed by atoms with van der Waals surface area (Å²) in [6.45, 7) is -0.740. The number of methoxy groups -OCH3 is 1. The van der Waals surface area contributed by atoms with Crippen LogP contribution in [0.5, 0.6) is 17.2 Å². The average molecular weight is 424 g/mol. The summed E-state index contributed by atoms with van der Waals surface area (Å²) in [7, 11) is 1.47. The summed E-state index contributed by atoms with van der Waals surface area (Å²) in [6.07, 6.45) is 1.47. The number of rotatable bonds is 7. The third kappa shape index (κ3) is 4.83. The van der Waals surface area contributed by atoms with E-state index in [2.05, 4.69) is 9.73 Å². The molecule has 1 aliphatic rings. The average Bonchev–Trinajstić information content (AvgIpc) is 3.04. The summed E-state index contributed by atoms with van der Waals surface area (Å²) in [5.41, 5.74) is 0.881. The third-order valence-electron chi connectivity index (χ3n) is 3.77. The molecule has 0 amide bonds. The van der Waals surface area contributed by atoms with Crippen molar-refractivity contribution in [1.29, 1.82) is 0 Å². The highest BCUT2D eigenvalue weighted by molar-refractivity contribution is 6.32. The Hall–Kier alpha value is -3.13. The number of hydrogen-bond acceptors (Lipinski definition) is 6. The van der Waals surface area contributed by atoms with Crippen molar-refractivity contribution in [2.24, 2.45) is 4.99 Å². The molecule has 2 aromatic rings. The van der Waals surface area contributed by atoms with E-state index >= 15 is 0 Å². The zero-order chi connectivity index (χ0) is 21.0. The van der Waals surface area contributed by atoms with Gasteiger partial charge in [-0.05, 0) is 48.9 Å². The van der Waals surface area contributed by atoms with Gasteiger partial charge in [0.2, 0.25) is 5.90 Å². The second-order valence-electron chi connectivity index (χ2n) is 5.71. The fraction of sp³-hybridized carbons (Fsp3) is 0.200. The lowest BCUT2D eigenvalue weighted by Gasteiger charge is -2.11. The predicted molar refractivity (Wildman–Crippen MR) is 103 cm³/mol. The highest BCUT2D eigenvalue weighted by Gasteiger charge is 2.25. The molecule has 29 heavy (non-hydrogen) atoms. The highest BCUT2D eigenvalue weighted by atomic mass is 35.5. The van der Waals surface area contributed by atoms with Crippen molar-refractivity contribution in [3.8, 4) is 17.2 Å². The summed E-state index contributed by atoms with van der Waals surface area (Å²) < 4.78 is 45.0. The highest BCUT2D eigenvalue weighted by Crippen LogP contribution is 2.37. The van der Waals surface area contributed by atoms with Crippen molar-refractivity contribution in [2.75, 3.05) is 13.7 Å². The topological polar surface area (TPSA) is 66.3 Å². The normalized spacial score (nSPS) is 14.8. The summed E-state index contributed by atoms with van der Waals surface area (Å²) in [4.78, 5) is 16.3. The number of alkyl halides is 2. The van der Waals surface area contributed by atoms with Crippen LogP contribution in [0.4, 0.5) is 8.78 Å². The van der Waals surface area contributed by atoms with Crippen LogP contribution in [0, 0.1) is 0 Å². The van der Waals surface area contributed by atoms with E-state index in [9.17, 15) is 13.6 Å². The number of aliphatic imine (C=N–C) groups is 1. The lowest BCUT2D eigenvalue weighted by molar-refractivity contribution is -0.129. The van der Waals surface area contributed by atoms with Gasteiger partial charge in [0.05, 0.1) is 18.7 Å². The van der Waals surface area contributed by atoms with E-state index < -0.39 is 12.6 Å². The van der Waals surface area contributed by atoms with Crippen molar-refractivity contribution in [3.63, 3.8) is 0 Å². The van der Waals surface area contributed by atoms with Crippen LogP contribution in [0.25, 0.3) is 6.08 Å². The monoisotopic (exact) mass is 423 g/mol. The Labute approximate surface area is 170 Å². The predicted octanol–water partition coefficient (Wildman–Crippen LogP) is 4.69. The molecule has 1 aliphatic heterocycles. The molecule has 0 aromatic heterocycles. The molecule has 0 spiro atoms. The maximum absolute atomic E-state index is 12.4. The number of ether oxygens (including phenoxy) is 4. The molecule has 9 heteroatoms. The van der Waals surface area contributed by atoms with Gasteiger partial charge in [-0.2, -0.15) is 8.78 Å². The minimum atomic E-state index is -2.96. The molecular weight excluding hydrogens is 408 g/mol. The smallest absolute Gasteiger partial charge is 0.387 e. The number of nitrogens with zero attached hydrogens (tertiary/aromatic N) is 1. The first-order valence-electron chi connectivity index (χ1n) is 8.49. The lowest BCUT2D eigenvalue weighted by Crippen LogP contribution is -2.07. The Morgan fingerprint density at radius 1 is 1.28 bits per heavy atom. The van der Waals surface area contributed by atoms with Crippen LogP contribution < -0.4 is 14.2 Å². The Morgan fingerprint density at radius 2 is 2.07 bits per heavy atom. The fourth-order valence-electron chi connectivity index (χ4n) is 2.60. The summed E-state index contributed by atoms with van der Waals surface area (Å²) >= 11 is 6.24. The van der Waals surface area contributed by atoms with Gasteiger partial charge < -0.3 is 18.9 Å². The first kappa shape index (κ1) is 20.6. The number of carbonyl (C=O) groups is 1. The van der Waals surface area contributed by atoms with Gasteiger partial charge in [-0.3, -0.25) is 0 Å². The maximum Gasteiger partial charge on any atom is 0.387 e. The van der Waals surface area contributed by atoms with Gasteiger partial charge in [0, 0.05) is 5.56 Å². The van der Waals surface area contributed by atoms with E-state index in [0.717, 1.165) is 0 Å². The second-order valence-corrected chi connectivity index (χ2v) is 6.12. The number of hydrogen-bond donors (Lipinski definition) is 0. The second kappa shape index (κ2) is 8.91. The molecule has 0 atom stereocenters. The standard InChI is InChI=1S/C20H16ClF2NO5/c1-3-27-17-14(21)7-11(9-16(17)26-2)8-15-19(25)29-18(24-15)12-5-4-6-13(10-12)28-20(22)23/h4-10,20H,3H2,1-2H3/b15-8+. The molecule has 0 fully saturated rings. The van der Waals surface area contributed by atoms with Crippen LogP contribution in [0.15, 0.2) is 47.1 Å². The van der Waals surface area contributed by atoms with Gasteiger partial charge in [0.1, 0.15) is 5.75 Å². The first-order valence-corrected chi connectivity index (χ1v) is 8.87. The van der Waals surface area contributed by atoms with Gasteiger partial charge in [-0.25, -0.2) is 9.79 Å². The van der Waals surface area contributed by atoms with Crippen LogP contribution in [0.2, 0.25) is 5.02 Å². The van der Waals surface area contributed by atoms with Crippen molar-refractivity contribution in [2.45, 2.75) is 13.5 Å². The number of halogens is 3. The van der Waals surface area contributed by atoms with Gasteiger partial charge >= 0.3 is 12.6 Å². The lowest BCUT2D eigenvalue weighted by atomic mass is 10.1. The van der Waals surface area contributed by atoms with E-state index in [-0.39, 0.29) is 17.3 Å². The van der Waals surface area contributed by atoms with E-state index in [1.165, 1.54) is 31.4 Å². The minimum Gasteiger partial charge on any atom is -0.493 e. The zero-order valence-electron chi connectivity index (χ0n) is 15.4. The molecule has 0 N–H and O–H groups in total. The molecule has 0 saturated carbocycles. The van der Waals surface area contributed by atoms with Crippen molar-refractivity contribution >= 4 is 29.5 Å². The Kier molecular flexibility index (Phi) is 6.33. The number of cyclic esters (lactones) is 1. The van der Waals surface area contributed by atoms with Crippen LogP contribution in [0.1, 0.15) is 18.1 Å². The first-order chi connectivity index (χ1) is 13.9. The van der Waals surface area contributed by atoms with Gasteiger partial charge in [-0.1, -0.05) is 17.7 Å². The Bertz CT molecular complexity index is 991. The van der Waals surface area contributed by atoms with Crippen LogP contribution in [-0.4, -0.2) is 32.2 Å².